The summed E-state index contributed by atoms with van der Waals surface area (Å²) in [6.07, 6.45) is 1.01. The first-order chi connectivity index (χ1) is 9.56. The molecule has 104 valence electrons. The molecule has 1 N–H and O–H groups in total. The molecule has 0 aliphatic heterocycles. The third-order valence-corrected chi connectivity index (χ3v) is 2.91. The number of hydrogen-bond donors (Lipinski definition) is 1. The number of hydrogen-bond acceptors (Lipinski definition) is 4. The van der Waals surface area contributed by atoms with E-state index < -0.39 is 17.9 Å². The first-order valence-electron chi connectivity index (χ1n) is 5.86. The van der Waals surface area contributed by atoms with Gasteiger partial charge in [0.25, 0.3) is 5.91 Å². The zero-order chi connectivity index (χ0) is 14.5. The van der Waals surface area contributed by atoms with Gasteiger partial charge in [-0.25, -0.2) is 0 Å². The molecule has 0 saturated heterocycles. The normalized spacial score (nSPS) is 11.8. The van der Waals surface area contributed by atoms with E-state index in [0.717, 1.165) is 0 Å². The van der Waals surface area contributed by atoms with E-state index in [1.807, 2.05) is 0 Å². The van der Waals surface area contributed by atoms with E-state index in [2.05, 4.69) is 5.32 Å². The zero-order valence-corrected chi connectivity index (χ0v) is 11.1. The van der Waals surface area contributed by atoms with Crippen molar-refractivity contribution in [3.8, 4) is 0 Å². The molecule has 0 radical (unpaired) electrons. The van der Waals surface area contributed by atoms with Gasteiger partial charge in [-0.15, -0.1) is 0 Å². The summed E-state index contributed by atoms with van der Waals surface area (Å²) in [5.41, 5.74) is 0.585. The molecule has 0 bridgehead atoms. The summed E-state index contributed by atoms with van der Waals surface area (Å²) in [5.74, 6) is -1.66. The van der Waals surface area contributed by atoms with Crippen LogP contribution >= 0.6 is 11.6 Å². The fraction of sp³-hybridized carbons (Fsp3) is 0.143. The second kappa shape index (κ2) is 6.25. The summed E-state index contributed by atoms with van der Waals surface area (Å²) in [4.78, 5) is 22.7. The largest absolute Gasteiger partial charge is 0.550 e. The predicted octanol–water partition coefficient (Wildman–Crippen LogP) is 1.54. The second-order valence-corrected chi connectivity index (χ2v) is 4.57. The molecule has 1 heterocycles. The van der Waals surface area contributed by atoms with Gasteiger partial charge in [0.1, 0.15) is 0 Å². The molecule has 0 aliphatic rings. The number of carboxylic acids is 1. The molecule has 0 spiro atoms. The molecule has 1 aromatic heterocycles. The number of carboxylic acid groups (broad SMARTS) is 1. The highest BCUT2D eigenvalue weighted by Crippen LogP contribution is 2.21. The van der Waals surface area contributed by atoms with Crippen molar-refractivity contribution in [1.29, 1.82) is 0 Å². The molecule has 0 aliphatic carbocycles. The second-order valence-electron chi connectivity index (χ2n) is 4.13. The molecule has 0 fully saturated rings. The molecule has 0 unspecified atom stereocenters. The van der Waals surface area contributed by atoms with E-state index in [-0.39, 0.29) is 12.2 Å². The minimum atomic E-state index is -1.27. The summed E-state index contributed by atoms with van der Waals surface area (Å²) in [5, 5.41) is 13.9. The maximum atomic E-state index is 11.9. The van der Waals surface area contributed by atoms with E-state index in [9.17, 15) is 14.7 Å². The Morgan fingerprint density at radius 2 is 2.10 bits per heavy atom. The van der Waals surface area contributed by atoms with Crippen LogP contribution in [0.2, 0.25) is 5.02 Å². The first kappa shape index (κ1) is 14.1. The third-order valence-electron chi connectivity index (χ3n) is 2.67. The molecule has 6 heteroatoms. The fourth-order valence-electron chi connectivity index (χ4n) is 1.78. The lowest BCUT2D eigenvalue weighted by molar-refractivity contribution is -0.306. The van der Waals surface area contributed by atoms with E-state index >= 15 is 0 Å². The Kier molecular flexibility index (Phi) is 4.42. The predicted molar refractivity (Wildman–Crippen MR) is 70.0 cm³/mol. The van der Waals surface area contributed by atoms with Gasteiger partial charge < -0.3 is 19.6 Å². The van der Waals surface area contributed by atoms with Crippen molar-refractivity contribution < 1.29 is 19.1 Å². The highest BCUT2D eigenvalue weighted by molar-refractivity contribution is 6.30. The summed E-state index contributed by atoms with van der Waals surface area (Å²) in [6, 6.07) is 8.94. The van der Waals surface area contributed by atoms with E-state index in [0.29, 0.717) is 10.6 Å². The highest BCUT2D eigenvalue weighted by atomic mass is 35.5. The lowest BCUT2D eigenvalue weighted by Crippen LogP contribution is -2.34. The molecular weight excluding hydrogens is 282 g/mol. The van der Waals surface area contributed by atoms with Crippen LogP contribution in [0.5, 0.6) is 0 Å². The van der Waals surface area contributed by atoms with Gasteiger partial charge in [0.05, 0.1) is 12.3 Å². The lowest BCUT2D eigenvalue weighted by atomic mass is 10.0. The smallest absolute Gasteiger partial charge is 0.287 e. The first-order valence-corrected chi connectivity index (χ1v) is 6.24. The molecule has 20 heavy (non-hydrogen) atoms. The third kappa shape index (κ3) is 3.61. The number of carbonyl (C=O) groups excluding carboxylic acids is 2. The van der Waals surface area contributed by atoms with Gasteiger partial charge in [0, 0.05) is 17.4 Å². The Hall–Kier alpha value is -2.27. The minimum Gasteiger partial charge on any atom is -0.550 e. The Balaban J connectivity index is 2.20. The number of furan rings is 1. The lowest BCUT2D eigenvalue weighted by Gasteiger charge is -2.19. The number of benzene rings is 1. The average molecular weight is 293 g/mol. The van der Waals surface area contributed by atoms with Crippen LogP contribution in [0.15, 0.2) is 47.1 Å². The Labute approximate surface area is 120 Å². The average Bonchev–Trinajstić information content (AvgIpc) is 2.91. The van der Waals surface area contributed by atoms with Crippen molar-refractivity contribution in [2.45, 2.75) is 12.5 Å². The highest BCUT2D eigenvalue weighted by Gasteiger charge is 2.17. The Morgan fingerprint density at radius 1 is 1.30 bits per heavy atom. The quantitative estimate of drug-likeness (QED) is 0.906. The van der Waals surface area contributed by atoms with Crippen LogP contribution in [0.3, 0.4) is 0 Å². The number of halogens is 1. The van der Waals surface area contributed by atoms with Crippen molar-refractivity contribution in [1.82, 2.24) is 5.32 Å². The molecule has 1 aromatic carbocycles. The molecule has 2 aromatic rings. The molecule has 1 amide bonds. The van der Waals surface area contributed by atoms with Crippen molar-refractivity contribution in [2.24, 2.45) is 0 Å². The van der Waals surface area contributed by atoms with Crippen LogP contribution in [-0.4, -0.2) is 11.9 Å². The van der Waals surface area contributed by atoms with Crippen LogP contribution in [0, 0.1) is 0 Å². The van der Waals surface area contributed by atoms with Gasteiger partial charge in [-0.05, 0) is 29.8 Å². The van der Waals surface area contributed by atoms with Crippen LogP contribution in [0.25, 0.3) is 0 Å². The maximum absolute atomic E-state index is 11.9. The van der Waals surface area contributed by atoms with Crippen LogP contribution < -0.4 is 10.4 Å². The van der Waals surface area contributed by atoms with Gasteiger partial charge in [0.15, 0.2) is 5.76 Å². The Bertz CT molecular complexity index is 609. The number of amides is 1. The summed E-state index contributed by atoms with van der Waals surface area (Å²) >= 11 is 5.87. The van der Waals surface area contributed by atoms with E-state index in [4.69, 9.17) is 16.0 Å². The summed E-state index contributed by atoms with van der Waals surface area (Å²) < 4.78 is 4.96. The fourth-order valence-corrected chi connectivity index (χ4v) is 1.98. The maximum Gasteiger partial charge on any atom is 0.287 e. The number of aliphatic carboxylic acids is 1. The van der Waals surface area contributed by atoms with Crippen molar-refractivity contribution in [3.05, 3.63) is 59.0 Å². The van der Waals surface area contributed by atoms with Crippen LogP contribution in [0.1, 0.15) is 28.6 Å². The van der Waals surface area contributed by atoms with Gasteiger partial charge in [-0.2, -0.15) is 0 Å². The number of nitrogens with one attached hydrogen (secondary N) is 1. The van der Waals surface area contributed by atoms with E-state index in [1.54, 1.807) is 30.3 Å². The van der Waals surface area contributed by atoms with E-state index in [1.165, 1.54) is 12.3 Å². The summed E-state index contributed by atoms with van der Waals surface area (Å²) in [7, 11) is 0. The van der Waals surface area contributed by atoms with Crippen molar-refractivity contribution >= 4 is 23.5 Å². The molecule has 2 rings (SSSR count). The molecular formula is C14H11ClNO4-. The molecule has 5 nitrogen and oxygen atoms in total. The van der Waals surface area contributed by atoms with Gasteiger partial charge in [0.2, 0.25) is 0 Å². The van der Waals surface area contributed by atoms with Crippen molar-refractivity contribution in [3.63, 3.8) is 0 Å². The molecule has 0 saturated carbocycles. The van der Waals surface area contributed by atoms with Crippen LogP contribution in [-0.2, 0) is 4.79 Å². The monoisotopic (exact) mass is 292 g/mol. The van der Waals surface area contributed by atoms with Crippen molar-refractivity contribution in [2.75, 3.05) is 0 Å². The van der Waals surface area contributed by atoms with Gasteiger partial charge >= 0.3 is 0 Å². The standard InChI is InChI=1S/C14H12ClNO4/c15-10-4-1-3-9(7-10)11(8-13(17)18)16-14(19)12-5-2-6-20-12/h1-7,11H,8H2,(H,16,19)(H,17,18)/p-1/t11-/m0/s1. The topological polar surface area (TPSA) is 82.4 Å². The Morgan fingerprint density at radius 3 is 2.70 bits per heavy atom. The number of carbonyl (C=O) groups is 2. The van der Waals surface area contributed by atoms with Gasteiger partial charge in [-0.3, -0.25) is 4.79 Å². The van der Waals surface area contributed by atoms with Gasteiger partial charge in [-0.1, -0.05) is 23.7 Å². The minimum absolute atomic E-state index is 0.107. The SMILES string of the molecule is O=C([O-])C[C@H](NC(=O)c1ccco1)c1cccc(Cl)c1. The van der Waals surface area contributed by atoms with Crippen LogP contribution in [0.4, 0.5) is 0 Å². The zero-order valence-electron chi connectivity index (χ0n) is 10.3. The number of rotatable bonds is 5. The molecule has 1 atom stereocenters. The summed E-state index contributed by atoms with van der Waals surface area (Å²) in [6.45, 7) is 0.